The summed E-state index contributed by atoms with van der Waals surface area (Å²) < 4.78 is 5.72. The van der Waals surface area contributed by atoms with Crippen molar-refractivity contribution in [3.63, 3.8) is 0 Å². The van der Waals surface area contributed by atoms with Crippen LogP contribution in [0.5, 0.6) is 0 Å². The van der Waals surface area contributed by atoms with E-state index >= 15 is 0 Å². The fourth-order valence-electron chi connectivity index (χ4n) is 2.23. The van der Waals surface area contributed by atoms with Crippen LogP contribution in [0.3, 0.4) is 0 Å². The smallest absolute Gasteiger partial charge is 0.0828 e. The van der Waals surface area contributed by atoms with E-state index < -0.39 is 0 Å². The van der Waals surface area contributed by atoms with Gasteiger partial charge >= 0.3 is 0 Å². The zero-order valence-electron chi connectivity index (χ0n) is 9.11. The van der Waals surface area contributed by atoms with Crippen LogP contribution in [-0.2, 0) is 4.74 Å². The molecular weight excluding hydrogens is 176 g/mol. The van der Waals surface area contributed by atoms with E-state index in [2.05, 4.69) is 11.8 Å². The van der Waals surface area contributed by atoms with Crippen molar-refractivity contribution < 1.29 is 4.74 Å². The van der Waals surface area contributed by atoms with E-state index in [4.69, 9.17) is 10.5 Å². The molecule has 2 aliphatic rings. The van der Waals surface area contributed by atoms with E-state index in [0.717, 1.165) is 19.0 Å². The standard InChI is InChI=1S/C11H22N2O/c1-9-7-13(5-4-10-2-3-10)8-11(6-12)14-9/h9-11H,2-8,12H2,1H3. The largest absolute Gasteiger partial charge is 0.371 e. The summed E-state index contributed by atoms with van der Waals surface area (Å²) in [6.45, 7) is 6.17. The molecule has 0 radical (unpaired) electrons. The molecule has 0 spiro atoms. The molecule has 1 heterocycles. The molecule has 82 valence electrons. The van der Waals surface area contributed by atoms with Gasteiger partial charge in [-0.25, -0.2) is 0 Å². The summed E-state index contributed by atoms with van der Waals surface area (Å²) >= 11 is 0. The number of nitrogens with two attached hydrogens (primary N) is 1. The third-order valence-corrected chi connectivity index (χ3v) is 3.22. The van der Waals surface area contributed by atoms with E-state index in [1.54, 1.807) is 0 Å². The number of hydrogen-bond acceptors (Lipinski definition) is 3. The van der Waals surface area contributed by atoms with E-state index in [-0.39, 0.29) is 6.10 Å². The summed E-state index contributed by atoms with van der Waals surface area (Å²) in [6, 6.07) is 0. The van der Waals surface area contributed by atoms with Gasteiger partial charge in [0.05, 0.1) is 12.2 Å². The van der Waals surface area contributed by atoms with Gasteiger partial charge in [-0.3, -0.25) is 4.90 Å². The van der Waals surface area contributed by atoms with Crippen molar-refractivity contribution in [1.29, 1.82) is 0 Å². The second-order valence-electron chi connectivity index (χ2n) is 4.80. The molecule has 2 rings (SSSR count). The van der Waals surface area contributed by atoms with Crippen LogP contribution in [0.15, 0.2) is 0 Å². The molecule has 2 unspecified atom stereocenters. The fraction of sp³-hybridized carbons (Fsp3) is 1.00. The van der Waals surface area contributed by atoms with E-state index in [1.807, 2.05) is 0 Å². The van der Waals surface area contributed by atoms with Crippen molar-refractivity contribution in [2.24, 2.45) is 11.7 Å². The van der Waals surface area contributed by atoms with Crippen molar-refractivity contribution in [2.75, 3.05) is 26.2 Å². The molecule has 0 aromatic carbocycles. The number of morpholine rings is 1. The minimum Gasteiger partial charge on any atom is -0.371 e. The molecule has 0 bridgehead atoms. The summed E-state index contributed by atoms with van der Waals surface area (Å²) in [4.78, 5) is 2.52. The molecule has 2 atom stereocenters. The molecule has 0 aromatic heterocycles. The minimum absolute atomic E-state index is 0.262. The second-order valence-corrected chi connectivity index (χ2v) is 4.80. The summed E-state index contributed by atoms with van der Waals surface area (Å²) in [5, 5.41) is 0. The molecule has 1 saturated carbocycles. The molecule has 3 heteroatoms. The average molecular weight is 198 g/mol. The van der Waals surface area contributed by atoms with Crippen LogP contribution in [0.1, 0.15) is 26.2 Å². The van der Waals surface area contributed by atoms with Gasteiger partial charge in [0.1, 0.15) is 0 Å². The highest BCUT2D eigenvalue weighted by Gasteiger charge is 2.26. The van der Waals surface area contributed by atoms with Gasteiger partial charge in [-0.2, -0.15) is 0 Å². The van der Waals surface area contributed by atoms with Gasteiger partial charge in [-0.05, 0) is 25.8 Å². The van der Waals surface area contributed by atoms with Crippen LogP contribution in [0.2, 0.25) is 0 Å². The van der Waals surface area contributed by atoms with Crippen LogP contribution in [0.4, 0.5) is 0 Å². The molecule has 3 nitrogen and oxygen atoms in total. The quantitative estimate of drug-likeness (QED) is 0.727. The van der Waals surface area contributed by atoms with Crippen LogP contribution >= 0.6 is 0 Å². The van der Waals surface area contributed by atoms with Gasteiger partial charge in [0.15, 0.2) is 0 Å². The van der Waals surface area contributed by atoms with Crippen LogP contribution in [-0.4, -0.2) is 43.3 Å². The average Bonchev–Trinajstić information content (AvgIpc) is 2.97. The molecule has 2 fully saturated rings. The Morgan fingerprint density at radius 1 is 1.36 bits per heavy atom. The normalized spacial score (nSPS) is 34.7. The third-order valence-electron chi connectivity index (χ3n) is 3.22. The predicted molar refractivity (Wildman–Crippen MR) is 57.2 cm³/mol. The minimum atomic E-state index is 0.262. The monoisotopic (exact) mass is 198 g/mol. The first-order valence-corrected chi connectivity index (χ1v) is 5.86. The van der Waals surface area contributed by atoms with E-state index in [0.29, 0.717) is 12.6 Å². The van der Waals surface area contributed by atoms with Gasteiger partial charge in [0.25, 0.3) is 0 Å². The van der Waals surface area contributed by atoms with Gasteiger partial charge in [0.2, 0.25) is 0 Å². The molecule has 14 heavy (non-hydrogen) atoms. The fourth-order valence-corrected chi connectivity index (χ4v) is 2.23. The zero-order valence-corrected chi connectivity index (χ0v) is 9.11. The summed E-state index contributed by atoms with van der Waals surface area (Å²) in [6.07, 6.45) is 4.92. The van der Waals surface area contributed by atoms with Crippen molar-refractivity contribution in [1.82, 2.24) is 4.90 Å². The number of ether oxygens (including phenoxy) is 1. The van der Waals surface area contributed by atoms with Crippen LogP contribution in [0.25, 0.3) is 0 Å². The number of hydrogen-bond donors (Lipinski definition) is 1. The molecule has 1 aliphatic heterocycles. The second kappa shape index (κ2) is 4.60. The Morgan fingerprint density at radius 3 is 2.79 bits per heavy atom. The lowest BCUT2D eigenvalue weighted by Gasteiger charge is -2.36. The maximum absolute atomic E-state index is 5.72. The van der Waals surface area contributed by atoms with Crippen molar-refractivity contribution in [3.05, 3.63) is 0 Å². The Morgan fingerprint density at radius 2 is 2.14 bits per heavy atom. The Balaban J connectivity index is 1.72. The highest BCUT2D eigenvalue weighted by molar-refractivity contribution is 4.79. The van der Waals surface area contributed by atoms with Crippen LogP contribution in [0, 0.1) is 5.92 Å². The number of rotatable bonds is 4. The van der Waals surface area contributed by atoms with Gasteiger partial charge in [0, 0.05) is 19.6 Å². The van der Waals surface area contributed by atoms with Gasteiger partial charge < -0.3 is 10.5 Å². The summed E-state index contributed by atoms with van der Waals surface area (Å²) in [5.74, 6) is 1.03. The van der Waals surface area contributed by atoms with Crippen LogP contribution < -0.4 is 5.73 Å². The lowest BCUT2D eigenvalue weighted by atomic mass is 10.2. The zero-order chi connectivity index (χ0) is 9.97. The molecule has 0 aromatic rings. The lowest BCUT2D eigenvalue weighted by Crippen LogP contribution is -2.49. The maximum Gasteiger partial charge on any atom is 0.0828 e. The summed E-state index contributed by atoms with van der Waals surface area (Å²) in [5.41, 5.74) is 5.64. The molecule has 1 saturated heterocycles. The van der Waals surface area contributed by atoms with Crippen molar-refractivity contribution in [3.8, 4) is 0 Å². The molecule has 2 N–H and O–H groups in total. The first-order valence-electron chi connectivity index (χ1n) is 5.86. The first kappa shape index (κ1) is 10.4. The molecule has 0 amide bonds. The highest BCUT2D eigenvalue weighted by atomic mass is 16.5. The molecule has 1 aliphatic carbocycles. The Hall–Kier alpha value is -0.120. The third kappa shape index (κ3) is 2.94. The maximum atomic E-state index is 5.72. The SMILES string of the molecule is CC1CN(CCC2CC2)CC(CN)O1. The Labute approximate surface area is 86.6 Å². The Bertz CT molecular complexity index is 182. The predicted octanol–water partition coefficient (Wildman–Crippen LogP) is 0.835. The Kier molecular flexibility index (Phi) is 3.42. The lowest BCUT2D eigenvalue weighted by molar-refractivity contribution is -0.0724. The first-order chi connectivity index (χ1) is 6.78. The van der Waals surface area contributed by atoms with E-state index in [9.17, 15) is 0 Å². The summed E-state index contributed by atoms with van der Waals surface area (Å²) in [7, 11) is 0. The number of nitrogens with zero attached hydrogens (tertiary/aromatic N) is 1. The van der Waals surface area contributed by atoms with Crippen molar-refractivity contribution >= 4 is 0 Å². The topological polar surface area (TPSA) is 38.5 Å². The van der Waals surface area contributed by atoms with Gasteiger partial charge in [-0.1, -0.05) is 12.8 Å². The molecular formula is C11H22N2O. The van der Waals surface area contributed by atoms with Crippen molar-refractivity contribution in [2.45, 2.75) is 38.4 Å². The highest BCUT2D eigenvalue weighted by Crippen LogP contribution is 2.32. The van der Waals surface area contributed by atoms with Gasteiger partial charge in [-0.15, -0.1) is 0 Å². The van der Waals surface area contributed by atoms with E-state index in [1.165, 1.54) is 25.8 Å².